The molecular formula is C14H18FNO3S. The third-order valence-corrected chi connectivity index (χ3v) is 4.90. The lowest BCUT2D eigenvalue weighted by Gasteiger charge is -2.24. The third kappa shape index (κ3) is 3.57. The second-order valence-corrected chi connectivity index (χ2v) is 6.27. The van der Waals surface area contributed by atoms with E-state index >= 15 is 0 Å². The minimum atomic E-state index is -3.86. The van der Waals surface area contributed by atoms with E-state index in [2.05, 4.69) is 11.8 Å². The van der Waals surface area contributed by atoms with Crippen molar-refractivity contribution in [1.29, 1.82) is 0 Å². The molecule has 0 aliphatic carbocycles. The van der Waals surface area contributed by atoms with Gasteiger partial charge in [-0.2, -0.15) is 4.31 Å². The van der Waals surface area contributed by atoms with Crippen molar-refractivity contribution < 1.29 is 17.9 Å². The van der Waals surface area contributed by atoms with E-state index in [0.717, 1.165) is 6.07 Å². The first-order valence-electron chi connectivity index (χ1n) is 6.25. The Labute approximate surface area is 119 Å². The number of sulfonamides is 1. The Morgan fingerprint density at radius 3 is 2.50 bits per heavy atom. The van der Waals surface area contributed by atoms with E-state index in [1.807, 2.05) is 0 Å². The summed E-state index contributed by atoms with van der Waals surface area (Å²) in [5.41, 5.74) is 0.322. The van der Waals surface area contributed by atoms with Crippen molar-refractivity contribution in [3.05, 3.63) is 29.6 Å². The van der Waals surface area contributed by atoms with Gasteiger partial charge in [0.1, 0.15) is 17.3 Å². The molecule has 1 N–H and O–H groups in total. The fraction of sp³-hybridized carbons (Fsp3) is 0.429. The summed E-state index contributed by atoms with van der Waals surface area (Å²) in [6.07, 6.45) is 0. The molecular weight excluding hydrogens is 281 g/mol. The molecule has 0 aromatic heterocycles. The molecule has 0 saturated heterocycles. The summed E-state index contributed by atoms with van der Waals surface area (Å²) in [6, 6.07) is 3.44. The molecule has 110 valence electrons. The molecule has 0 spiro atoms. The molecule has 0 aliphatic heterocycles. The molecule has 1 aromatic rings. The van der Waals surface area contributed by atoms with Gasteiger partial charge >= 0.3 is 0 Å². The molecule has 0 aliphatic rings. The van der Waals surface area contributed by atoms with Crippen LogP contribution in [-0.2, 0) is 10.0 Å². The summed E-state index contributed by atoms with van der Waals surface area (Å²) >= 11 is 0. The van der Waals surface area contributed by atoms with E-state index in [1.165, 1.54) is 16.4 Å². The van der Waals surface area contributed by atoms with E-state index in [9.17, 15) is 12.8 Å². The first kappa shape index (κ1) is 16.6. The van der Waals surface area contributed by atoms with Crippen LogP contribution in [-0.4, -0.2) is 37.0 Å². The number of halogens is 1. The Morgan fingerprint density at radius 1 is 1.40 bits per heavy atom. The lowest BCUT2D eigenvalue weighted by atomic mass is 10.2. The van der Waals surface area contributed by atoms with Gasteiger partial charge in [0.15, 0.2) is 0 Å². The van der Waals surface area contributed by atoms with Crippen molar-refractivity contribution in [3.63, 3.8) is 0 Å². The van der Waals surface area contributed by atoms with Crippen LogP contribution in [0.25, 0.3) is 0 Å². The molecule has 0 heterocycles. The van der Waals surface area contributed by atoms with Crippen LogP contribution < -0.4 is 0 Å². The van der Waals surface area contributed by atoms with Crippen molar-refractivity contribution in [2.24, 2.45) is 0 Å². The number of aliphatic hydroxyl groups excluding tert-OH is 1. The number of hydrogen-bond donors (Lipinski definition) is 1. The third-order valence-electron chi connectivity index (χ3n) is 2.72. The smallest absolute Gasteiger partial charge is 0.246 e. The highest BCUT2D eigenvalue weighted by molar-refractivity contribution is 7.89. The van der Waals surface area contributed by atoms with Crippen LogP contribution in [0.1, 0.15) is 26.3 Å². The molecule has 0 atom stereocenters. The molecule has 0 amide bonds. The summed E-state index contributed by atoms with van der Waals surface area (Å²) in [6.45, 7) is 5.11. The molecule has 0 radical (unpaired) electrons. The quantitative estimate of drug-likeness (QED) is 0.859. The molecule has 1 rings (SSSR count). The zero-order valence-corrected chi connectivity index (χ0v) is 12.5. The van der Waals surface area contributed by atoms with Crippen molar-refractivity contribution in [1.82, 2.24) is 4.31 Å². The fourth-order valence-electron chi connectivity index (χ4n) is 1.87. The highest BCUT2D eigenvalue weighted by atomic mass is 32.2. The summed E-state index contributed by atoms with van der Waals surface area (Å²) in [5, 5.41) is 8.58. The highest BCUT2D eigenvalue weighted by Gasteiger charge is 2.28. The van der Waals surface area contributed by atoms with Gasteiger partial charge in [0.05, 0.1) is 0 Å². The molecule has 0 bridgehead atoms. The van der Waals surface area contributed by atoms with Gasteiger partial charge in [0, 0.05) is 18.2 Å². The van der Waals surface area contributed by atoms with Gasteiger partial charge in [-0.3, -0.25) is 0 Å². The molecule has 0 fully saturated rings. The Hall–Kier alpha value is -1.42. The predicted molar refractivity (Wildman–Crippen MR) is 75.1 cm³/mol. The average Bonchev–Trinajstić information content (AvgIpc) is 2.35. The van der Waals surface area contributed by atoms with Gasteiger partial charge in [0.25, 0.3) is 0 Å². The molecule has 0 unspecified atom stereocenters. The molecule has 0 saturated carbocycles. The van der Waals surface area contributed by atoms with Gasteiger partial charge in [-0.25, -0.2) is 12.8 Å². The second-order valence-electron chi connectivity index (χ2n) is 4.41. The average molecular weight is 299 g/mol. The molecule has 4 nitrogen and oxygen atoms in total. The van der Waals surface area contributed by atoms with E-state index in [4.69, 9.17) is 5.11 Å². The Kier molecular flexibility index (Phi) is 5.69. The standard InChI is InChI=1S/C14H18FNO3S/c1-4-16(11(2)3)20(18,19)14-8-7-12(6-5-9-17)10-13(14)15/h7-8,10-11,17H,4,9H2,1-3H3. The maximum Gasteiger partial charge on any atom is 0.246 e. The minimum absolute atomic E-state index is 0.252. The monoisotopic (exact) mass is 299 g/mol. The number of benzene rings is 1. The summed E-state index contributed by atoms with van der Waals surface area (Å²) in [5.74, 6) is 4.07. The lowest BCUT2D eigenvalue weighted by Crippen LogP contribution is -2.37. The minimum Gasteiger partial charge on any atom is -0.384 e. The Balaban J connectivity index is 3.27. The van der Waals surface area contributed by atoms with Gasteiger partial charge < -0.3 is 5.11 Å². The Morgan fingerprint density at radius 2 is 2.05 bits per heavy atom. The van der Waals surface area contributed by atoms with Crippen molar-refractivity contribution in [3.8, 4) is 11.8 Å². The van der Waals surface area contributed by atoms with Gasteiger partial charge in [0.2, 0.25) is 10.0 Å². The normalized spacial score (nSPS) is 11.6. The van der Waals surface area contributed by atoms with E-state index in [0.29, 0.717) is 5.56 Å². The molecule has 20 heavy (non-hydrogen) atoms. The Bertz CT molecular complexity index is 630. The number of hydrogen-bond acceptors (Lipinski definition) is 3. The van der Waals surface area contributed by atoms with E-state index < -0.39 is 15.8 Å². The van der Waals surface area contributed by atoms with Crippen LogP contribution in [0.15, 0.2) is 23.1 Å². The number of rotatable bonds is 4. The topological polar surface area (TPSA) is 57.6 Å². The van der Waals surface area contributed by atoms with Crippen LogP contribution in [0, 0.1) is 17.7 Å². The fourth-order valence-corrected chi connectivity index (χ4v) is 3.56. The van der Waals surface area contributed by atoms with Crippen molar-refractivity contribution in [2.75, 3.05) is 13.2 Å². The lowest BCUT2D eigenvalue weighted by molar-refractivity contribution is 0.350. The molecule has 1 aromatic carbocycles. The maximum absolute atomic E-state index is 14.0. The first-order valence-corrected chi connectivity index (χ1v) is 7.69. The molecule has 6 heteroatoms. The van der Waals surface area contributed by atoms with Gasteiger partial charge in [-0.05, 0) is 32.0 Å². The van der Waals surface area contributed by atoms with Crippen LogP contribution in [0.5, 0.6) is 0 Å². The zero-order valence-electron chi connectivity index (χ0n) is 11.7. The maximum atomic E-state index is 14.0. The second kappa shape index (κ2) is 6.84. The summed E-state index contributed by atoms with van der Waals surface area (Å²) < 4.78 is 39.9. The van der Waals surface area contributed by atoms with Gasteiger partial charge in [-0.15, -0.1) is 0 Å². The SMILES string of the molecule is CCN(C(C)C)S(=O)(=O)c1ccc(C#CCO)cc1F. The zero-order chi connectivity index (χ0) is 15.3. The summed E-state index contributed by atoms with van der Waals surface area (Å²) in [4.78, 5) is -0.359. The van der Waals surface area contributed by atoms with Crippen molar-refractivity contribution >= 4 is 10.0 Å². The largest absolute Gasteiger partial charge is 0.384 e. The number of aliphatic hydroxyl groups is 1. The van der Waals surface area contributed by atoms with E-state index in [1.54, 1.807) is 20.8 Å². The predicted octanol–water partition coefficient (Wildman–Crippen LogP) is 1.59. The van der Waals surface area contributed by atoms with Crippen LogP contribution >= 0.6 is 0 Å². The first-order chi connectivity index (χ1) is 9.34. The van der Waals surface area contributed by atoms with Crippen molar-refractivity contribution in [2.45, 2.75) is 31.7 Å². The van der Waals surface area contributed by atoms with Crippen LogP contribution in [0.4, 0.5) is 4.39 Å². The summed E-state index contributed by atoms with van der Waals surface area (Å²) in [7, 11) is -3.86. The van der Waals surface area contributed by atoms with E-state index in [-0.39, 0.29) is 24.1 Å². The number of nitrogens with zero attached hydrogens (tertiary/aromatic N) is 1. The van der Waals surface area contributed by atoms with Crippen LogP contribution in [0.2, 0.25) is 0 Å². The van der Waals surface area contributed by atoms with Crippen LogP contribution in [0.3, 0.4) is 0 Å². The highest BCUT2D eigenvalue weighted by Crippen LogP contribution is 2.21. The van der Waals surface area contributed by atoms with Gasteiger partial charge in [-0.1, -0.05) is 18.8 Å².